The normalized spacial score (nSPS) is 18.5. The van der Waals surface area contributed by atoms with Crippen LogP contribution in [0.1, 0.15) is 76.7 Å². The van der Waals surface area contributed by atoms with E-state index in [-0.39, 0.29) is 11.5 Å². The quantitative estimate of drug-likeness (QED) is 0.323. The van der Waals surface area contributed by atoms with Crippen molar-refractivity contribution in [3.8, 4) is 5.75 Å². The Bertz CT molecular complexity index is 1670. The van der Waals surface area contributed by atoms with E-state index in [9.17, 15) is 14.7 Å². The second-order valence-electron chi connectivity index (χ2n) is 11.5. The molecule has 4 aromatic rings. The first-order valence-corrected chi connectivity index (χ1v) is 14.7. The number of hydrogen-bond acceptors (Lipinski definition) is 5. The zero-order valence-corrected chi connectivity index (χ0v) is 24.0. The predicted molar refractivity (Wildman–Crippen MR) is 156 cm³/mol. The molecule has 0 aliphatic carbocycles. The Balaban J connectivity index is 1.42. The summed E-state index contributed by atoms with van der Waals surface area (Å²) in [5.41, 5.74) is 6.46. The molecule has 1 amide bonds. The third-order valence-corrected chi connectivity index (χ3v) is 8.80. The number of hydrogen-bond donors (Lipinski definition) is 1. The van der Waals surface area contributed by atoms with Gasteiger partial charge in [-0.25, -0.2) is 9.07 Å². The van der Waals surface area contributed by atoms with Crippen LogP contribution in [0.2, 0.25) is 0 Å². The van der Waals surface area contributed by atoms with Gasteiger partial charge in [-0.05, 0) is 78.6 Å². The van der Waals surface area contributed by atoms with E-state index in [2.05, 4.69) is 10.3 Å². The number of nitrogens with zero attached hydrogens (tertiary/aromatic N) is 4. The Kier molecular flexibility index (Phi) is 7.66. The standard InChI is InChI=1S/C33H35FN4O4/c1-20-26-11-12-29-31(20)35-36-38(29)14-5-3-4-6-16-42-25-9-10-27(28(34)18-25)32(39)37-15-13-22-7-8-23(17-24(22)19-37)30(26)21(2)33(40)41/h7-12,17-18,21,30H,3-6,13-16,19H2,1-2H3,(H,40,41)/t21-,30+/m1/s1. The van der Waals surface area contributed by atoms with E-state index in [0.29, 0.717) is 31.9 Å². The van der Waals surface area contributed by atoms with Crippen LogP contribution in [-0.2, 0) is 24.3 Å². The van der Waals surface area contributed by atoms with Gasteiger partial charge in [0.1, 0.15) is 17.1 Å². The van der Waals surface area contributed by atoms with Gasteiger partial charge in [-0.2, -0.15) is 0 Å². The van der Waals surface area contributed by atoms with Crippen molar-refractivity contribution in [2.75, 3.05) is 13.2 Å². The predicted octanol–water partition coefficient (Wildman–Crippen LogP) is 5.88. The summed E-state index contributed by atoms with van der Waals surface area (Å²) in [5, 5.41) is 19.0. The van der Waals surface area contributed by atoms with E-state index in [0.717, 1.165) is 71.1 Å². The minimum Gasteiger partial charge on any atom is -0.493 e. The van der Waals surface area contributed by atoms with Crippen LogP contribution < -0.4 is 4.74 Å². The van der Waals surface area contributed by atoms with E-state index in [1.165, 1.54) is 12.1 Å². The highest BCUT2D eigenvalue weighted by Crippen LogP contribution is 2.38. The summed E-state index contributed by atoms with van der Waals surface area (Å²) in [7, 11) is 0. The van der Waals surface area contributed by atoms with E-state index in [1.807, 2.05) is 41.9 Å². The highest BCUT2D eigenvalue weighted by molar-refractivity contribution is 5.94. The number of halogens is 1. The number of carboxylic acids is 1. The number of aliphatic carboxylic acids is 1. The lowest BCUT2D eigenvalue weighted by Crippen LogP contribution is -2.36. The molecule has 6 heterocycles. The molecule has 0 saturated heterocycles. The van der Waals surface area contributed by atoms with Gasteiger partial charge in [-0.1, -0.05) is 42.8 Å². The minimum absolute atomic E-state index is 0.0224. The van der Waals surface area contributed by atoms with Crippen molar-refractivity contribution in [3.05, 3.63) is 87.7 Å². The fourth-order valence-electron chi connectivity index (χ4n) is 6.35. The largest absolute Gasteiger partial charge is 0.493 e. The first-order valence-electron chi connectivity index (χ1n) is 14.7. The molecule has 9 bridgehead atoms. The van der Waals surface area contributed by atoms with Crippen LogP contribution in [0.5, 0.6) is 5.75 Å². The van der Waals surface area contributed by atoms with Crippen molar-refractivity contribution in [2.45, 2.75) is 65.0 Å². The fraction of sp³-hybridized carbons (Fsp3) is 0.394. The monoisotopic (exact) mass is 570 g/mol. The van der Waals surface area contributed by atoms with Crippen molar-refractivity contribution in [2.24, 2.45) is 5.92 Å². The van der Waals surface area contributed by atoms with Crippen molar-refractivity contribution in [1.29, 1.82) is 0 Å². The molecule has 3 aromatic carbocycles. The summed E-state index contributed by atoms with van der Waals surface area (Å²) in [5.74, 6) is -2.58. The van der Waals surface area contributed by atoms with Gasteiger partial charge in [0.05, 0.1) is 23.6 Å². The van der Waals surface area contributed by atoms with Crippen LogP contribution in [-0.4, -0.2) is 50.0 Å². The minimum atomic E-state index is -0.891. The average Bonchev–Trinajstić information content (AvgIpc) is 3.40. The molecule has 2 atom stereocenters. The molecule has 218 valence electrons. The maximum Gasteiger partial charge on any atom is 0.307 e. The number of carbonyl (C=O) groups excluding carboxylic acids is 1. The van der Waals surface area contributed by atoms with Crippen molar-refractivity contribution in [3.63, 3.8) is 0 Å². The molecule has 8 nitrogen and oxygen atoms in total. The number of carbonyl (C=O) groups is 2. The maximum atomic E-state index is 15.1. The second kappa shape index (κ2) is 11.5. The number of amides is 1. The summed E-state index contributed by atoms with van der Waals surface area (Å²) in [6, 6.07) is 14.5. The first-order chi connectivity index (χ1) is 20.3. The van der Waals surface area contributed by atoms with Gasteiger partial charge >= 0.3 is 5.97 Å². The van der Waals surface area contributed by atoms with E-state index in [1.54, 1.807) is 17.9 Å². The second-order valence-corrected chi connectivity index (χ2v) is 11.5. The molecule has 9 rings (SSSR count). The molecule has 9 heteroatoms. The zero-order chi connectivity index (χ0) is 29.4. The highest BCUT2D eigenvalue weighted by Gasteiger charge is 2.31. The number of rotatable bonds is 2. The Morgan fingerprint density at radius 2 is 1.88 bits per heavy atom. The molecule has 0 saturated carbocycles. The molecular formula is C33H35FN4O4. The molecule has 0 radical (unpaired) electrons. The lowest BCUT2D eigenvalue weighted by molar-refractivity contribution is -0.141. The third-order valence-electron chi connectivity index (χ3n) is 8.80. The number of benzene rings is 3. The van der Waals surface area contributed by atoms with Gasteiger partial charge in [0, 0.05) is 31.6 Å². The fourth-order valence-corrected chi connectivity index (χ4v) is 6.35. The third kappa shape index (κ3) is 5.24. The van der Waals surface area contributed by atoms with E-state index < -0.39 is 23.6 Å². The Hall–Kier alpha value is -4.27. The summed E-state index contributed by atoms with van der Waals surface area (Å²) in [6.45, 7) is 5.71. The Labute approximate surface area is 244 Å². The van der Waals surface area contributed by atoms with Crippen molar-refractivity contribution < 1.29 is 23.8 Å². The van der Waals surface area contributed by atoms with Gasteiger partial charge < -0.3 is 14.7 Å². The zero-order valence-electron chi connectivity index (χ0n) is 24.0. The Morgan fingerprint density at radius 3 is 2.69 bits per heavy atom. The number of carboxylic acid groups (broad SMARTS) is 1. The lowest BCUT2D eigenvalue weighted by atomic mass is 9.78. The molecule has 1 N–H and O–H groups in total. The molecule has 0 unspecified atom stereocenters. The van der Waals surface area contributed by atoms with Crippen LogP contribution in [0.4, 0.5) is 4.39 Å². The Morgan fingerprint density at radius 1 is 1.05 bits per heavy atom. The van der Waals surface area contributed by atoms with Crippen molar-refractivity contribution in [1.82, 2.24) is 19.9 Å². The van der Waals surface area contributed by atoms with Gasteiger partial charge in [-0.15, -0.1) is 5.10 Å². The highest BCUT2D eigenvalue weighted by atomic mass is 19.1. The molecular weight excluding hydrogens is 535 g/mol. The van der Waals surface area contributed by atoms with Gasteiger partial charge in [0.15, 0.2) is 0 Å². The summed E-state index contributed by atoms with van der Waals surface area (Å²) in [6.07, 6.45) is 4.34. The molecule has 0 spiro atoms. The van der Waals surface area contributed by atoms with Crippen LogP contribution in [0.15, 0.2) is 48.5 Å². The molecule has 42 heavy (non-hydrogen) atoms. The summed E-state index contributed by atoms with van der Waals surface area (Å²) >= 11 is 0. The van der Waals surface area contributed by atoms with Gasteiger partial charge in [0.2, 0.25) is 0 Å². The van der Waals surface area contributed by atoms with Crippen LogP contribution >= 0.6 is 0 Å². The van der Waals surface area contributed by atoms with E-state index in [4.69, 9.17) is 4.74 Å². The number of aryl methyl sites for hydroxylation is 2. The molecule has 5 aliphatic rings. The van der Waals surface area contributed by atoms with E-state index >= 15 is 4.39 Å². The van der Waals surface area contributed by atoms with Gasteiger partial charge in [-0.3, -0.25) is 9.59 Å². The molecule has 0 fully saturated rings. The average molecular weight is 571 g/mol. The number of aromatic nitrogens is 3. The topological polar surface area (TPSA) is 97.5 Å². The molecule has 1 aromatic heterocycles. The maximum absolute atomic E-state index is 15.1. The molecule has 5 aliphatic heterocycles. The van der Waals surface area contributed by atoms with Crippen LogP contribution in [0, 0.1) is 18.7 Å². The SMILES string of the molecule is Cc1c2ccc3c1nnn3CCCCCCOc1ccc(c(F)c1)C(=O)N1CCc3ccc(cc3C1)[C@@H]2[C@@H](C)C(=O)O. The first kappa shape index (κ1) is 27.9. The lowest BCUT2D eigenvalue weighted by Gasteiger charge is -2.31. The van der Waals surface area contributed by atoms with Crippen molar-refractivity contribution >= 4 is 22.9 Å². The smallest absolute Gasteiger partial charge is 0.307 e. The van der Waals surface area contributed by atoms with Crippen LogP contribution in [0.25, 0.3) is 11.0 Å². The summed E-state index contributed by atoms with van der Waals surface area (Å²) < 4.78 is 22.8. The van der Waals surface area contributed by atoms with Crippen LogP contribution in [0.3, 0.4) is 0 Å². The van der Waals surface area contributed by atoms with Gasteiger partial charge in [0.25, 0.3) is 5.91 Å². The number of ether oxygens (including phenoxy) is 1. The summed E-state index contributed by atoms with van der Waals surface area (Å²) in [4.78, 5) is 27.4.